The lowest BCUT2D eigenvalue weighted by molar-refractivity contribution is -0.144. The first-order chi connectivity index (χ1) is 55.1. The highest BCUT2D eigenvalue weighted by Crippen LogP contribution is 2.58. The highest BCUT2D eigenvalue weighted by Gasteiger charge is 2.48. The number of benzene rings is 9. The van der Waals surface area contributed by atoms with E-state index in [9.17, 15) is 39.0 Å². The lowest BCUT2D eigenvalue weighted by Gasteiger charge is -2.36. The van der Waals surface area contributed by atoms with E-state index in [1.165, 1.54) is 24.3 Å². The van der Waals surface area contributed by atoms with Crippen LogP contribution in [-0.2, 0) is 92.3 Å². The summed E-state index contributed by atoms with van der Waals surface area (Å²) in [5.41, 5.74) is 2.50. The van der Waals surface area contributed by atoms with Crippen molar-refractivity contribution < 1.29 is 115 Å². The number of esters is 4. The van der Waals surface area contributed by atoms with Gasteiger partial charge in [-0.05, 0) is 133 Å². The molecule has 9 aromatic rings. The summed E-state index contributed by atoms with van der Waals surface area (Å²) in [7, 11) is 0. The average Bonchev–Trinajstić information content (AvgIpc) is 0.670. The van der Waals surface area contributed by atoms with Gasteiger partial charge in [-0.15, -0.1) is 0 Å². The van der Waals surface area contributed by atoms with Crippen LogP contribution in [0.3, 0.4) is 0 Å². The van der Waals surface area contributed by atoms with E-state index in [1.54, 1.807) is 125 Å². The topological polar surface area (TPSA) is 328 Å². The van der Waals surface area contributed by atoms with Gasteiger partial charge in [0.25, 0.3) is 23.6 Å². The van der Waals surface area contributed by atoms with E-state index in [4.69, 9.17) is 56.8 Å². The van der Waals surface area contributed by atoms with Crippen LogP contribution in [0, 0.1) is 11.8 Å². The van der Waals surface area contributed by atoms with E-state index in [0.29, 0.717) is 25.7 Å². The van der Waals surface area contributed by atoms with Crippen LogP contribution in [0.1, 0.15) is 104 Å². The predicted octanol–water partition coefficient (Wildman–Crippen LogP) is 14.3. The molecule has 0 saturated heterocycles. The molecule has 0 saturated carbocycles. The average molecular weight is 1560 g/mol. The maximum Gasteiger partial charge on any atom is 0.330 e. The number of carbonyl (C=O) groups excluding carboxylic acids is 8. The summed E-state index contributed by atoms with van der Waals surface area (Å²) in [5.74, 6) is -10.3. The fourth-order valence-electron chi connectivity index (χ4n) is 13.6. The van der Waals surface area contributed by atoms with Gasteiger partial charge in [0.1, 0.15) is 84.5 Å². The monoisotopic (exact) mass is 1550 g/mol. The Morgan fingerprint density at radius 3 is 0.746 bits per heavy atom. The second kappa shape index (κ2) is 38.1. The summed E-state index contributed by atoms with van der Waals surface area (Å²) in [5, 5.41) is 23.0. The molecule has 26 heteroatoms. The molecule has 0 spiro atoms. The Morgan fingerprint density at radius 2 is 0.553 bits per heavy atom. The molecule has 4 unspecified atom stereocenters. The Morgan fingerprint density at radius 1 is 0.333 bits per heavy atom. The van der Waals surface area contributed by atoms with Gasteiger partial charge in [0.15, 0.2) is 0 Å². The first-order valence-corrected chi connectivity index (χ1v) is 37.2. The van der Waals surface area contributed by atoms with Crippen LogP contribution in [0.4, 0.5) is 0 Å². The van der Waals surface area contributed by atoms with Crippen molar-refractivity contribution in [1.29, 1.82) is 0 Å². The molecule has 26 nitrogen and oxygen atoms in total. The van der Waals surface area contributed by atoms with Crippen molar-refractivity contribution in [2.75, 3.05) is 79.3 Å². The largest absolute Gasteiger partial charge is 0.480 e. The molecular formula is C88H86N2O24. The highest BCUT2D eigenvalue weighted by atomic mass is 16.6. The first kappa shape index (κ1) is 82.3. The molecule has 4 atom stereocenters. The minimum atomic E-state index is -1.70. The van der Waals surface area contributed by atoms with Crippen molar-refractivity contribution in [2.24, 2.45) is 11.8 Å². The van der Waals surface area contributed by atoms with E-state index in [0.717, 1.165) is 56.4 Å². The number of carboxylic acid groups (broad SMARTS) is 2. The van der Waals surface area contributed by atoms with Gasteiger partial charge in [0, 0.05) is 67.4 Å². The van der Waals surface area contributed by atoms with Crippen LogP contribution in [0.15, 0.2) is 172 Å². The Bertz CT molecular complexity index is 4560. The number of imide groups is 2. The van der Waals surface area contributed by atoms with E-state index in [-0.39, 0.29) is 203 Å². The van der Waals surface area contributed by atoms with Crippen LogP contribution in [0.5, 0.6) is 46.0 Å². The van der Waals surface area contributed by atoms with E-state index in [1.807, 2.05) is 0 Å². The molecule has 9 aromatic carbocycles. The zero-order chi connectivity index (χ0) is 81.3. The number of fused-ring (bicyclic) bond motifs is 2. The number of nitrogens with zero attached hydrogens (tertiary/aromatic N) is 2. The number of amides is 4. The Balaban J connectivity index is 1.20. The number of aliphatic carboxylic acids is 2. The Hall–Kier alpha value is -12.6. The summed E-state index contributed by atoms with van der Waals surface area (Å²) < 4.78 is 72.0. The van der Waals surface area contributed by atoms with Crippen molar-refractivity contribution in [3.05, 3.63) is 216 Å². The lowest BCUT2D eigenvalue weighted by Crippen LogP contribution is -2.53. The van der Waals surface area contributed by atoms with Crippen molar-refractivity contribution >= 4 is 103 Å². The number of hydrogen-bond donors (Lipinski definition) is 2. The minimum absolute atomic E-state index is 0.00333. The van der Waals surface area contributed by atoms with Gasteiger partial charge in [0.2, 0.25) is 0 Å². The van der Waals surface area contributed by atoms with Gasteiger partial charge < -0.3 is 67.1 Å². The standard InChI is InChI=1S/C88H86N2O24/c1-9-51(7)81(87(99)100)89-83(95)61-47-65(111-57-23-15-53(16-24-57)31-35-103-39-43-107-69(91)11-3)75-77-67(113-59-27-19-55(20-28-59)33-37-105-41-45-109-71(93)13-5)49-63-74-64(86(98)90(85(63)97)82(88(101)102)52(8)10-2)50-68(114-60-29-21-56(22-30-60)34-38-106-42-46-110-72(94)14-6)78(80(74)77)76-66(48-62(84(89)96)73(61)79(75)76)112-58-25-17-54(18-26-58)32-36-104-40-44-108-70(92)12-4/h11-30,47-52,81-82H,3-6,9-10,31-46H2,1-2,7-8H3,(H,99,100)(H,101,102). The van der Waals surface area contributed by atoms with Gasteiger partial charge in [0.05, 0.1) is 75.1 Å². The molecule has 2 aliphatic heterocycles. The van der Waals surface area contributed by atoms with Gasteiger partial charge in [-0.3, -0.25) is 29.0 Å². The lowest BCUT2D eigenvalue weighted by atomic mass is 9.80. The third kappa shape index (κ3) is 18.6. The third-order valence-corrected chi connectivity index (χ3v) is 19.7. The van der Waals surface area contributed by atoms with Gasteiger partial charge in [-0.1, -0.05) is 115 Å². The summed E-state index contributed by atoms with van der Waals surface area (Å²) >= 11 is 0. The molecule has 11 rings (SSSR count). The molecule has 0 fully saturated rings. The quantitative estimate of drug-likeness (QED) is 0.00681. The molecule has 0 aliphatic carbocycles. The molecule has 0 aromatic heterocycles. The maximum atomic E-state index is 16.0. The van der Waals surface area contributed by atoms with Crippen LogP contribution in [0.25, 0.3) is 43.1 Å². The van der Waals surface area contributed by atoms with E-state index < -0.39 is 83.4 Å². The van der Waals surface area contributed by atoms with E-state index >= 15 is 19.2 Å². The smallest absolute Gasteiger partial charge is 0.330 e. The SMILES string of the molecule is C=CC(=O)OCCOCCc1ccc(Oc2cc3c4c(cc(Oc5ccc(CCOCCOC(=O)C=C)cc5)c5c6c(Oc7ccc(CCOCCOC(=O)C=C)cc7)cc7c8c(cc(Oc9ccc(CCOCCOC(=O)C=C)cc9)c(c2c45)c86)C(=O)N(C(C(=O)O)C(C)CC)C7=O)C(=O)N(C(C(=O)O)C(C)CC)C3=O)cc1. The normalized spacial score (nSPS) is 13.5. The third-order valence-electron chi connectivity index (χ3n) is 19.7. The number of ether oxygens (including phenoxy) is 12. The molecule has 2 aliphatic rings. The zero-order valence-corrected chi connectivity index (χ0v) is 63.5. The fourth-order valence-corrected chi connectivity index (χ4v) is 13.6. The van der Waals surface area contributed by atoms with E-state index in [2.05, 4.69) is 26.3 Å². The minimum Gasteiger partial charge on any atom is -0.480 e. The molecular weight excluding hydrogens is 1470 g/mol. The number of rotatable bonds is 44. The fraction of sp³-hybridized carbons (Fsp3) is 0.295. The van der Waals surface area contributed by atoms with Gasteiger partial charge in [-0.2, -0.15) is 0 Å². The summed E-state index contributed by atoms with van der Waals surface area (Å²) in [4.78, 5) is 140. The maximum absolute atomic E-state index is 16.0. The first-order valence-electron chi connectivity index (χ1n) is 37.2. The van der Waals surface area contributed by atoms with Crippen molar-refractivity contribution in [3.8, 4) is 46.0 Å². The van der Waals surface area contributed by atoms with Crippen molar-refractivity contribution in [2.45, 2.75) is 78.3 Å². The summed E-state index contributed by atoms with van der Waals surface area (Å²) in [6, 6.07) is 30.0. The molecule has 4 amide bonds. The van der Waals surface area contributed by atoms with Crippen LogP contribution in [-0.4, -0.2) is 171 Å². The number of hydrogen-bond acceptors (Lipinski definition) is 22. The Labute approximate surface area is 656 Å². The van der Waals surface area contributed by atoms with Gasteiger partial charge >= 0.3 is 35.8 Å². The summed E-state index contributed by atoms with van der Waals surface area (Å²) in [6.07, 6.45) is 6.27. The zero-order valence-electron chi connectivity index (χ0n) is 63.5. The predicted molar refractivity (Wildman–Crippen MR) is 419 cm³/mol. The number of carbonyl (C=O) groups is 10. The van der Waals surface area contributed by atoms with Crippen LogP contribution < -0.4 is 18.9 Å². The summed E-state index contributed by atoms with van der Waals surface area (Å²) in [6.45, 7) is 21.8. The second-order valence-electron chi connectivity index (χ2n) is 26.9. The molecule has 2 N–H and O–H groups in total. The molecule has 0 bridgehead atoms. The van der Waals surface area contributed by atoms with Crippen molar-refractivity contribution in [3.63, 3.8) is 0 Å². The van der Waals surface area contributed by atoms with Crippen LogP contribution >= 0.6 is 0 Å². The molecule has 2 heterocycles. The second-order valence-corrected chi connectivity index (χ2v) is 26.9. The molecule has 114 heavy (non-hydrogen) atoms. The van der Waals surface area contributed by atoms with Crippen molar-refractivity contribution in [1.82, 2.24) is 9.80 Å². The molecule has 0 radical (unpaired) electrons. The highest BCUT2D eigenvalue weighted by molar-refractivity contribution is 6.45. The molecule has 592 valence electrons. The van der Waals surface area contributed by atoms with Crippen LogP contribution in [0.2, 0.25) is 0 Å². The Kier molecular flexibility index (Phi) is 27.5. The van der Waals surface area contributed by atoms with Gasteiger partial charge in [-0.25, -0.2) is 28.8 Å². The number of carboxylic acids is 2.